The predicted octanol–water partition coefficient (Wildman–Crippen LogP) is 3.35. The molecule has 0 radical (unpaired) electrons. The molecule has 124 valence electrons. The first kappa shape index (κ1) is 17.4. The van der Waals surface area contributed by atoms with Crippen LogP contribution in [0.1, 0.15) is 15.9 Å². The first-order chi connectivity index (χ1) is 11.4. The molecule has 0 saturated carbocycles. The van der Waals surface area contributed by atoms with Gasteiger partial charge in [-0.2, -0.15) is 0 Å². The van der Waals surface area contributed by atoms with Crippen LogP contribution in [0.25, 0.3) is 0 Å². The second kappa shape index (κ2) is 7.56. The molecule has 0 fully saturated rings. The van der Waals surface area contributed by atoms with E-state index in [1.54, 1.807) is 12.1 Å². The Bertz CT molecular complexity index is 790. The van der Waals surface area contributed by atoms with Gasteiger partial charge in [-0.3, -0.25) is 14.9 Å². The van der Waals surface area contributed by atoms with E-state index in [2.05, 4.69) is 5.32 Å². The number of carbonyl (C=O) groups is 2. The molecule has 2 rings (SSSR count). The topological polar surface area (TPSA) is 98.5 Å². The minimum atomic E-state index is -0.914. The van der Waals surface area contributed by atoms with Crippen molar-refractivity contribution in [2.75, 3.05) is 11.9 Å². The maximum absolute atomic E-state index is 11.9. The van der Waals surface area contributed by atoms with Crippen LogP contribution >= 0.6 is 11.6 Å². The molecule has 0 aliphatic rings. The van der Waals surface area contributed by atoms with E-state index in [4.69, 9.17) is 16.3 Å². The van der Waals surface area contributed by atoms with E-state index in [1.165, 1.54) is 12.1 Å². The largest absolute Gasteiger partial charge is 0.452 e. The molecule has 0 saturated heterocycles. The molecule has 1 N–H and O–H groups in total. The van der Waals surface area contributed by atoms with E-state index < -0.39 is 23.4 Å². The van der Waals surface area contributed by atoms with Crippen LogP contribution in [0.15, 0.2) is 42.5 Å². The summed E-state index contributed by atoms with van der Waals surface area (Å²) in [5, 5.41) is 13.3. The number of benzene rings is 2. The van der Waals surface area contributed by atoms with E-state index in [0.717, 1.165) is 11.6 Å². The summed E-state index contributed by atoms with van der Waals surface area (Å²) >= 11 is 5.83. The van der Waals surface area contributed by atoms with Crippen LogP contribution < -0.4 is 5.32 Å². The standard InChI is InChI=1S/C16H13ClN2O5/c1-10-2-4-11(5-3-10)18-15(20)9-24-16(21)13-8-12(19(22)23)6-7-14(13)17/h2-8H,9H2,1H3,(H,18,20). The first-order valence-corrected chi connectivity index (χ1v) is 7.22. The van der Waals surface area contributed by atoms with Gasteiger partial charge in [-0.1, -0.05) is 29.3 Å². The van der Waals surface area contributed by atoms with Gasteiger partial charge in [0, 0.05) is 17.8 Å². The number of esters is 1. The fourth-order valence-corrected chi connectivity index (χ4v) is 2.02. The second-order valence-electron chi connectivity index (χ2n) is 4.91. The molecule has 0 bridgehead atoms. The fraction of sp³-hybridized carbons (Fsp3) is 0.125. The Morgan fingerprint density at radius 2 is 1.88 bits per heavy atom. The molecule has 24 heavy (non-hydrogen) atoms. The average molecular weight is 349 g/mol. The van der Waals surface area contributed by atoms with Gasteiger partial charge in [0.05, 0.1) is 15.5 Å². The minimum absolute atomic E-state index is 0.00421. The zero-order chi connectivity index (χ0) is 17.7. The summed E-state index contributed by atoms with van der Waals surface area (Å²) in [6.45, 7) is 1.38. The Morgan fingerprint density at radius 3 is 2.50 bits per heavy atom. The van der Waals surface area contributed by atoms with Crippen LogP contribution in [0.2, 0.25) is 5.02 Å². The minimum Gasteiger partial charge on any atom is -0.452 e. The molecule has 8 heteroatoms. The van der Waals surface area contributed by atoms with Crippen LogP contribution in [0.5, 0.6) is 0 Å². The lowest BCUT2D eigenvalue weighted by Gasteiger charge is -2.07. The highest BCUT2D eigenvalue weighted by Gasteiger charge is 2.18. The van der Waals surface area contributed by atoms with Crippen molar-refractivity contribution >= 4 is 34.9 Å². The van der Waals surface area contributed by atoms with E-state index in [9.17, 15) is 19.7 Å². The number of nitrogens with one attached hydrogen (secondary N) is 1. The van der Waals surface area contributed by atoms with Gasteiger partial charge in [0.1, 0.15) is 0 Å². The lowest BCUT2D eigenvalue weighted by atomic mass is 10.2. The molecule has 7 nitrogen and oxygen atoms in total. The Hall–Kier alpha value is -2.93. The molecule has 1 amide bonds. The van der Waals surface area contributed by atoms with Crippen LogP contribution in [-0.2, 0) is 9.53 Å². The average Bonchev–Trinajstić information content (AvgIpc) is 2.55. The molecular formula is C16H13ClN2O5. The normalized spacial score (nSPS) is 10.1. The lowest BCUT2D eigenvalue weighted by Crippen LogP contribution is -2.21. The fourth-order valence-electron chi connectivity index (χ4n) is 1.83. The maximum Gasteiger partial charge on any atom is 0.340 e. The summed E-state index contributed by atoms with van der Waals surface area (Å²) in [7, 11) is 0. The Kier molecular flexibility index (Phi) is 5.49. The number of carbonyl (C=O) groups excluding carboxylic acids is 2. The quantitative estimate of drug-likeness (QED) is 0.507. The maximum atomic E-state index is 11.9. The predicted molar refractivity (Wildman–Crippen MR) is 88.2 cm³/mol. The summed E-state index contributed by atoms with van der Waals surface area (Å²) in [6.07, 6.45) is 0. The summed E-state index contributed by atoms with van der Waals surface area (Å²) in [6, 6.07) is 10.5. The molecule has 0 aliphatic carbocycles. The number of anilines is 1. The van der Waals surface area contributed by atoms with Gasteiger partial charge in [0.2, 0.25) is 0 Å². The number of rotatable bonds is 5. The van der Waals surface area contributed by atoms with Gasteiger partial charge in [-0.15, -0.1) is 0 Å². The highest BCUT2D eigenvalue weighted by atomic mass is 35.5. The third-order valence-corrected chi connectivity index (χ3v) is 3.38. The van der Waals surface area contributed by atoms with Gasteiger partial charge < -0.3 is 10.1 Å². The summed E-state index contributed by atoms with van der Waals surface area (Å²) in [5.74, 6) is -1.45. The molecular weight excluding hydrogens is 336 g/mol. The van der Waals surface area contributed by atoms with E-state index in [0.29, 0.717) is 5.69 Å². The number of hydrogen-bond acceptors (Lipinski definition) is 5. The number of hydrogen-bond donors (Lipinski definition) is 1. The molecule has 2 aromatic rings. The van der Waals surface area contributed by atoms with E-state index >= 15 is 0 Å². The van der Waals surface area contributed by atoms with Crippen molar-refractivity contribution in [3.8, 4) is 0 Å². The number of nitrogens with zero attached hydrogens (tertiary/aromatic N) is 1. The van der Waals surface area contributed by atoms with Crippen molar-refractivity contribution < 1.29 is 19.2 Å². The molecule has 0 unspecified atom stereocenters. The van der Waals surface area contributed by atoms with Crippen molar-refractivity contribution in [2.24, 2.45) is 0 Å². The van der Waals surface area contributed by atoms with Crippen molar-refractivity contribution in [1.29, 1.82) is 0 Å². The monoisotopic (exact) mass is 348 g/mol. The number of non-ortho nitro benzene ring substituents is 1. The van der Waals surface area contributed by atoms with Crippen molar-refractivity contribution in [2.45, 2.75) is 6.92 Å². The molecule has 2 aromatic carbocycles. The van der Waals surface area contributed by atoms with Gasteiger partial charge in [-0.25, -0.2) is 4.79 Å². The summed E-state index contributed by atoms with van der Waals surface area (Å²) < 4.78 is 4.84. The number of ether oxygens (including phenoxy) is 1. The highest BCUT2D eigenvalue weighted by Crippen LogP contribution is 2.22. The summed E-state index contributed by atoms with van der Waals surface area (Å²) in [5.41, 5.74) is 1.14. The smallest absolute Gasteiger partial charge is 0.340 e. The molecule has 0 spiro atoms. The third kappa shape index (κ3) is 4.53. The summed E-state index contributed by atoms with van der Waals surface area (Å²) in [4.78, 5) is 33.8. The lowest BCUT2D eigenvalue weighted by molar-refractivity contribution is -0.384. The molecule has 0 heterocycles. The number of aryl methyl sites for hydroxylation is 1. The molecule has 0 aliphatic heterocycles. The van der Waals surface area contributed by atoms with Crippen molar-refractivity contribution in [3.05, 3.63) is 68.7 Å². The molecule has 0 atom stereocenters. The van der Waals surface area contributed by atoms with Crippen molar-refractivity contribution in [3.63, 3.8) is 0 Å². The number of nitro benzene ring substituents is 1. The zero-order valence-electron chi connectivity index (χ0n) is 12.6. The van der Waals surface area contributed by atoms with Crippen molar-refractivity contribution in [1.82, 2.24) is 0 Å². The number of nitro groups is 1. The number of halogens is 1. The van der Waals surface area contributed by atoms with Crippen LogP contribution in [0.3, 0.4) is 0 Å². The van der Waals surface area contributed by atoms with E-state index in [-0.39, 0.29) is 16.3 Å². The van der Waals surface area contributed by atoms with Gasteiger partial charge in [0.25, 0.3) is 11.6 Å². The first-order valence-electron chi connectivity index (χ1n) is 6.84. The third-order valence-electron chi connectivity index (χ3n) is 3.05. The Balaban J connectivity index is 1.97. The zero-order valence-corrected chi connectivity index (χ0v) is 13.4. The highest BCUT2D eigenvalue weighted by molar-refractivity contribution is 6.33. The number of amides is 1. The van der Waals surface area contributed by atoms with E-state index in [1.807, 2.05) is 19.1 Å². The SMILES string of the molecule is Cc1ccc(NC(=O)COC(=O)c2cc([N+](=O)[O-])ccc2Cl)cc1. The van der Waals surface area contributed by atoms with Crippen LogP contribution in [-0.4, -0.2) is 23.4 Å². The van der Waals surface area contributed by atoms with Gasteiger partial charge in [-0.05, 0) is 25.1 Å². The second-order valence-corrected chi connectivity index (χ2v) is 5.32. The van der Waals surface area contributed by atoms with Gasteiger partial charge in [0.15, 0.2) is 6.61 Å². The van der Waals surface area contributed by atoms with Gasteiger partial charge >= 0.3 is 5.97 Å². The Labute approximate surface area is 142 Å². The molecule has 0 aromatic heterocycles. The Morgan fingerprint density at radius 1 is 1.21 bits per heavy atom. The van der Waals surface area contributed by atoms with Crippen LogP contribution in [0, 0.1) is 17.0 Å². The van der Waals surface area contributed by atoms with Crippen LogP contribution in [0.4, 0.5) is 11.4 Å².